The molecule has 20 heavy (non-hydrogen) atoms. The quantitative estimate of drug-likeness (QED) is 0.509. The van der Waals surface area contributed by atoms with E-state index in [-0.39, 0.29) is 5.69 Å². The molecule has 0 spiro atoms. The van der Waals surface area contributed by atoms with Crippen molar-refractivity contribution < 1.29 is 4.92 Å². The largest absolute Gasteiger partial charge is 0.278 e. The number of hydrogen-bond acceptors (Lipinski definition) is 4. The van der Waals surface area contributed by atoms with Gasteiger partial charge in [0.2, 0.25) is 0 Å². The van der Waals surface area contributed by atoms with E-state index < -0.39 is 4.92 Å². The highest BCUT2D eigenvalue weighted by atomic mass is 16.6. The van der Waals surface area contributed by atoms with Crippen molar-refractivity contribution in [3.63, 3.8) is 0 Å². The number of hydrazone groups is 1. The van der Waals surface area contributed by atoms with Crippen molar-refractivity contribution in [2.24, 2.45) is 5.10 Å². The molecular formula is C15H15N3O2. The highest BCUT2D eigenvalue weighted by molar-refractivity contribution is 6.00. The highest BCUT2D eigenvalue weighted by Gasteiger charge is 2.04. The van der Waals surface area contributed by atoms with Crippen molar-refractivity contribution in [2.45, 2.75) is 13.3 Å². The Bertz CT molecular complexity index is 607. The van der Waals surface area contributed by atoms with Gasteiger partial charge in [-0.2, -0.15) is 5.10 Å². The number of hydrogen-bond donors (Lipinski definition) is 1. The average molecular weight is 269 g/mol. The summed E-state index contributed by atoms with van der Waals surface area (Å²) in [4.78, 5) is 10.1. The van der Waals surface area contributed by atoms with Gasteiger partial charge in [0.1, 0.15) is 0 Å². The third-order valence-corrected chi connectivity index (χ3v) is 2.84. The fraction of sp³-hybridized carbons (Fsp3) is 0.133. The van der Waals surface area contributed by atoms with Gasteiger partial charge in [-0.05, 0) is 24.1 Å². The molecule has 0 saturated heterocycles. The summed E-state index contributed by atoms with van der Waals surface area (Å²) in [6, 6.07) is 16.1. The summed E-state index contributed by atoms with van der Waals surface area (Å²) in [5.74, 6) is 0. The molecule has 0 aromatic heterocycles. The normalized spacial score (nSPS) is 11.2. The first-order chi connectivity index (χ1) is 9.70. The second-order valence-electron chi connectivity index (χ2n) is 4.19. The van der Waals surface area contributed by atoms with E-state index in [0.717, 1.165) is 23.4 Å². The summed E-state index contributed by atoms with van der Waals surface area (Å²) in [5, 5.41) is 14.9. The maximum absolute atomic E-state index is 10.6. The van der Waals surface area contributed by atoms with E-state index in [9.17, 15) is 10.1 Å². The first-order valence-electron chi connectivity index (χ1n) is 6.33. The van der Waals surface area contributed by atoms with Gasteiger partial charge in [0.25, 0.3) is 5.69 Å². The molecule has 0 heterocycles. The van der Waals surface area contributed by atoms with E-state index >= 15 is 0 Å². The molecule has 0 bridgehead atoms. The molecule has 0 amide bonds. The van der Waals surface area contributed by atoms with Gasteiger partial charge in [-0.1, -0.05) is 37.3 Å². The molecule has 5 nitrogen and oxygen atoms in total. The zero-order valence-corrected chi connectivity index (χ0v) is 11.1. The van der Waals surface area contributed by atoms with Gasteiger partial charge in [0, 0.05) is 12.1 Å². The van der Waals surface area contributed by atoms with Crippen LogP contribution in [0.3, 0.4) is 0 Å². The molecule has 0 aliphatic rings. The Morgan fingerprint density at radius 2 is 1.80 bits per heavy atom. The molecule has 0 saturated carbocycles. The number of nitrogens with zero attached hydrogens (tertiary/aromatic N) is 2. The van der Waals surface area contributed by atoms with Crippen LogP contribution in [0.5, 0.6) is 0 Å². The van der Waals surface area contributed by atoms with Crippen LogP contribution >= 0.6 is 0 Å². The van der Waals surface area contributed by atoms with Crippen LogP contribution in [0, 0.1) is 10.1 Å². The summed E-state index contributed by atoms with van der Waals surface area (Å²) in [6.07, 6.45) is 0.796. The lowest BCUT2D eigenvalue weighted by atomic mass is 10.1. The molecule has 102 valence electrons. The number of benzene rings is 2. The predicted molar refractivity (Wildman–Crippen MR) is 80.0 cm³/mol. The van der Waals surface area contributed by atoms with Crippen LogP contribution in [0.15, 0.2) is 59.7 Å². The van der Waals surface area contributed by atoms with E-state index in [0.29, 0.717) is 0 Å². The first kappa shape index (κ1) is 13.7. The lowest BCUT2D eigenvalue weighted by molar-refractivity contribution is -0.384. The van der Waals surface area contributed by atoms with Crippen LogP contribution in [0.4, 0.5) is 11.4 Å². The van der Waals surface area contributed by atoms with Crippen molar-refractivity contribution in [1.82, 2.24) is 0 Å². The number of non-ortho nitro benzene ring substituents is 1. The third-order valence-electron chi connectivity index (χ3n) is 2.84. The van der Waals surface area contributed by atoms with Crippen LogP contribution < -0.4 is 5.43 Å². The van der Waals surface area contributed by atoms with Gasteiger partial charge < -0.3 is 0 Å². The number of nitro benzene ring substituents is 1. The first-order valence-corrected chi connectivity index (χ1v) is 6.33. The Morgan fingerprint density at radius 1 is 1.15 bits per heavy atom. The van der Waals surface area contributed by atoms with E-state index in [1.165, 1.54) is 12.1 Å². The van der Waals surface area contributed by atoms with Gasteiger partial charge >= 0.3 is 0 Å². The Hall–Kier alpha value is -2.69. The van der Waals surface area contributed by atoms with Crippen molar-refractivity contribution >= 4 is 17.1 Å². The minimum absolute atomic E-state index is 0.0679. The smallest absolute Gasteiger partial charge is 0.269 e. The van der Waals surface area contributed by atoms with Gasteiger partial charge in [-0.25, -0.2) is 0 Å². The Kier molecular flexibility index (Phi) is 4.44. The SMILES string of the molecule is CC/C(=N/Nc1ccc([N+](=O)[O-])cc1)c1ccccc1. The monoisotopic (exact) mass is 269 g/mol. The Balaban J connectivity index is 2.12. The number of rotatable bonds is 5. The third kappa shape index (κ3) is 3.41. The molecule has 5 heteroatoms. The molecule has 0 atom stereocenters. The van der Waals surface area contributed by atoms with Gasteiger partial charge in [-0.3, -0.25) is 15.5 Å². The fourth-order valence-corrected chi connectivity index (χ4v) is 1.77. The van der Waals surface area contributed by atoms with Gasteiger partial charge in [0.15, 0.2) is 0 Å². The maximum Gasteiger partial charge on any atom is 0.269 e. The molecule has 2 aromatic carbocycles. The molecule has 0 radical (unpaired) electrons. The van der Waals surface area contributed by atoms with Crippen molar-refractivity contribution in [2.75, 3.05) is 5.43 Å². The molecule has 0 fully saturated rings. The summed E-state index contributed by atoms with van der Waals surface area (Å²) in [7, 11) is 0. The molecule has 2 rings (SSSR count). The van der Waals surface area contributed by atoms with Gasteiger partial charge in [-0.15, -0.1) is 0 Å². The molecule has 0 aliphatic carbocycles. The van der Waals surface area contributed by atoms with Crippen LogP contribution in [-0.2, 0) is 0 Å². The fourth-order valence-electron chi connectivity index (χ4n) is 1.77. The van der Waals surface area contributed by atoms with E-state index in [4.69, 9.17) is 0 Å². The lowest BCUT2D eigenvalue weighted by Gasteiger charge is -2.05. The summed E-state index contributed by atoms with van der Waals surface area (Å²) in [5.41, 5.74) is 5.71. The summed E-state index contributed by atoms with van der Waals surface area (Å²) in [6.45, 7) is 2.03. The summed E-state index contributed by atoms with van der Waals surface area (Å²) >= 11 is 0. The Morgan fingerprint density at radius 3 is 2.35 bits per heavy atom. The van der Waals surface area contributed by atoms with E-state index in [2.05, 4.69) is 10.5 Å². The second-order valence-corrected chi connectivity index (χ2v) is 4.19. The van der Waals surface area contributed by atoms with Crippen molar-refractivity contribution in [1.29, 1.82) is 0 Å². The van der Waals surface area contributed by atoms with Crippen molar-refractivity contribution in [3.8, 4) is 0 Å². The summed E-state index contributed by atoms with van der Waals surface area (Å²) < 4.78 is 0. The maximum atomic E-state index is 10.6. The predicted octanol–water partition coefficient (Wildman–Crippen LogP) is 3.82. The van der Waals surface area contributed by atoms with E-state index in [1.807, 2.05) is 37.3 Å². The molecule has 1 N–H and O–H groups in total. The van der Waals surface area contributed by atoms with E-state index in [1.54, 1.807) is 12.1 Å². The number of nitro groups is 1. The topological polar surface area (TPSA) is 67.5 Å². The molecular weight excluding hydrogens is 254 g/mol. The van der Waals surface area contributed by atoms with Crippen LogP contribution in [0.25, 0.3) is 0 Å². The van der Waals surface area contributed by atoms with Gasteiger partial charge in [0.05, 0.1) is 16.3 Å². The Labute approximate surface area is 117 Å². The second kappa shape index (κ2) is 6.47. The standard InChI is InChI=1S/C15H15N3O2/c1-2-15(12-6-4-3-5-7-12)17-16-13-8-10-14(11-9-13)18(19)20/h3-11,16H,2H2,1H3/b17-15-. The minimum Gasteiger partial charge on any atom is -0.278 e. The zero-order chi connectivity index (χ0) is 14.4. The zero-order valence-electron chi connectivity index (χ0n) is 11.1. The van der Waals surface area contributed by atoms with Crippen molar-refractivity contribution in [3.05, 3.63) is 70.3 Å². The number of nitrogens with one attached hydrogen (secondary N) is 1. The average Bonchev–Trinajstić information content (AvgIpc) is 2.49. The molecule has 0 aliphatic heterocycles. The number of anilines is 1. The lowest BCUT2D eigenvalue weighted by Crippen LogP contribution is -2.02. The minimum atomic E-state index is -0.422. The molecule has 2 aromatic rings. The van der Waals surface area contributed by atoms with Crippen LogP contribution in [0.2, 0.25) is 0 Å². The van der Waals surface area contributed by atoms with Crippen LogP contribution in [0.1, 0.15) is 18.9 Å². The van der Waals surface area contributed by atoms with Crippen LogP contribution in [-0.4, -0.2) is 10.6 Å². The molecule has 0 unspecified atom stereocenters. The highest BCUT2D eigenvalue weighted by Crippen LogP contribution is 2.15.